The fourth-order valence-electron chi connectivity index (χ4n) is 1.50. The normalized spacial score (nSPS) is 15.3. The first kappa shape index (κ1) is 19.6. The van der Waals surface area contributed by atoms with Crippen molar-refractivity contribution in [3.8, 4) is 0 Å². The predicted molar refractivity (Wildman–Crippen MR) is 89.3 cm³/mol. The molecular formula is C11H15N2O7P3. The molecule has 9 nitrogen and oxygen atoms in total. The smallest absolute Gasteiger partial charge is 0.297 e. The third-order valence-electron chi connectivity index (χ3n) is 2.42. The van der Waals surface area contributed by atoms with Crippen molar-refractivity contribution in [3.63, 3.8) is 0 Å². The minimum absolute atomic E-state index is 0.0868. The molecule has 2 unspecified atom stereocenters. The molecule has 1 aromatic rings. The van der Waals surface area contributed by atoms with E-state index in [1.54, 1.807) is 6.92 Å². The third-order valence-corrected chi connectivity index (χ3v) is 6.52. The van der Waals surface area contributed by atoms with E-state index < -0.39 is 34.1 Å². The topological polar surface area (TPSA) is 125 Å². The van der Waals surface area contributed by atoms with Gasteiger partial charge in [-0.2, -0.15) is 0 Å². The summed E-state index contributed by atoms with van der Waals surface area (Å²) >= 11 is 0. The number of nitrogens with zero attached hydrogens (tertiary/aromatic N) is 1. The second kappa shape index (κ2) is 8.39. The second-order valence-electron chi connectivity index (χ2n) is 4.32. The highest BCUT2D eigenvalue weighted by Crippen LogP contribution is 2.56. The molecule has 0 aromatic carbocycles. The maximum atomic E-state index is 12.2. The van der Waals surface area contributed by atoms with E-state index in [0.29, 0.717) is 5.56 Å². The van der Waals surface area contributed by atoms with Crippen LogP contribution in [0.2, 0.25) is 0 Å². The van der Waals surface area contributed by atoms with E-state index >= 15 is 0 Å². The number of H-pyrrole nitrogens is 1. The van der Waals surface area contributed by atoms with Gasteiger partial charge in [0, 0.05) is 18.3 Å². The van der Waals surface area contributed by atoms with Crippen LogP contribution in [-0.4, -0.2) is 28.3 Å². The Kier molecular flexibility index (Phi) is 7.13. The van der Waals surface area contributed by atoms with Crippen molar-refractivity contribution in [2.24, 2.45) is 0 Å². The summed E-state index contributed by atoms with van der Waals surface area (Å²) < 4.78 is 44.5. The highest BCUT2D eigenvalue weighted by Gasteiger charge is 2.25. The molecule has 0 spiro atoms. The lowest BCUT2D eigenvalue weighted by Gasteiger charge is -2.09. The summed E-state index contributed by atoms with van der Waals surface area (Å²) in [6.07, 6.45) is 9.97. The van der Waals surface area contributed by atoms with Crippen LogP contribution in [0.3, 0.4) is 0 Å². The number of nitrogens with one attached hydrogen (secondary N) is 1. The van der Waals surface area contributed by atoms with Crippen LogP contribution in [0.1, 0.15) is 5.56 Å². The van der Waals surface area contributed by atoms with E-state index in [2.05, 4.69) is 26.2 Å². The molecule has 0 bridgehead atoms. The fraction of sp³-hybridized carbons (Fsp3) is 0.273. The lowest BCUT2D eigenvalue weighted by atomic mass is 10.4. The van der Waals surface area contributed by atoms with Crippen molar-refractivity contribution in [2.75, 3.05) is 6.16 Å². The lowest BCUT2D eigenvalue weighted by Crippen LogP contribution is -2.30. The number of aromatic amines is 1. The van der Waals surface area contributed by atoms with E-state index in [1.807, 2.05) is 0 Å². The van der Waals surface area contributed by atoms with Gasteiger partial charge in [-0.15, -0.1) is 0 Å². The average molecular weight is 380 g/mol. The second-order valence-corrected chi connectivity index (χ2v) is 8.54. The standard InChI is InChI=1S/C11H15N2O7P3/c1-9-8-13(11(15)12-10(9)14)6-4-5-7-23(18,19-21(2)16)20-22(3)17/h4-5,8H,2-3,6-7H2,1H3,(H,12,14,15)/b5-4+. The van der Waals surface area contributed by atoms with Crippen molar-refractivity contribution < 1.29 is 22.3 Å². The molecule has 1 heterocycles. The number of hydrogen-bond acceptors (Lipinski definition) is 7. The number of aromatic nitrogens is 2. The Balaban J connectivity index is 2.84. The molecule has 1 rings (SSSR count). The number of aryl methyl sites for hydroxylation is 1. The zero-order valence-electron chi connectivity index (χ0n) is 12.2. The summed E-state index contributed by atoms with van der Waals surface area (Å²) in [5, 5.41) is 0. The van der Waals surface area contributed by atoms with Crippen molar-refractivity contribution in [1.29, 1.82) is 0 Å². The largest absolute Gasteiger partial charge is 0.354 e. The summed E-state index contributed by atoms with van der Waals surface area (Å²) in [5.74, 6) is 0. The third kappa shape index (κ3) is 6.65. The highest BCUT2D eigenvalue weighted by molar-refractivity contribution is 7.66. The maximum Gasteiger partial charge on any atom is 0.354 e. The summed E-state index contributed by atoms with van der Waals surface area (Å²) in [5.41, 5.74) is -0.707. The quantitative estimate of drug-likeness (QED) is 0.540. The Morgan fingerprint density at radius 3 is 2.35 bits per heavy atom. The van der Waals surface area contributed by atoms with Gasteiger partial charge in [0.15, 0.2) is 0 Å². The van der Waals surface area contributed by atoms with Crippen molar-refractivity contribution >= 4 is 35.5 Å². The van der Waals surface area contributed by atoms with Crippen molar-refractivity contribution in [3.05, 3.63) is 44.8 Å². The Hall–Kier alpha value is -1.49. The Bertz CT molecular complexity index is 861. The van der Waals surface area contributed by atoms with Crippen LogP contribution in [0, 0.1) is 6.92 Å². The Morgan fingerprint density at radius 2 is 1.83 bits per heavy atom. The first-order chi connectivity index (χ1) is 10.6. The minimum atomic E-state index is -3.91. The van der Waals surface area contributed by atoms with Crippen molar-refractivity contribution in [2.45, 2.75) is 13.5 Å². The van der Waals surface area contributed by atoms with Crippen LogP contribution < -0.4 is 11.2 Å². The minimum Gasteiger partial charge on any atom is -0.297 e. The number of rotatable bonds is 8. The fourth-order valence-corrected chi connectivity index (χ4v) is 5.05. The Labute approximate surface area is 132 Å². The number of allylic oxidation sites excluding steroid dienone is 2. The molecule has 12 heteroatoms. The molecule has 0 aliphatic heterocycles. The lowest BCUT2D eigenvalue weighted by molar-refractivity contribution is 0.404. The molecule has 0 radical (unpaired) electrons. The molecule has 1 aromatic heterocycles. The summed E-state index contributed by atoms with van der Waals surface area (Å²) in [6.45, 7) is 1.63. The maximum absolute atomic E-state index is 12.2. The van der Waals surface area contributed by atoms with Gasteiger partial charge in [-0.3, -0.25) is 28.0 Å². The van der Waals surface area contributed by atoms with Crippen LogP contribution in [-0.2, 0) is 28.9 Å². The highest BCUT2D eigenvalue weighted by atomic mass is 31.2. The first-order valence-electron chi connectivity index (χ1n) is 6.12. The molecule has 0 saturated carbocycles. The van der Waals surface area contributed by atoms with Gasteiger partial charge in [0.25, 0.3) is 5.56 Å². The van der Waals surface area contributed by atoms with Gasteiger partial charge in [0.2, 0.25) is 15.3 Å². The van der Waals surface area contributed by atoms with Crippen LogP contribution in [0.25, 0.3) is 0 Å². The van der Waals surface area contributed by atoms with Crippen LogP contribution in [0.4, 0.5) is 0 Å². The summed E-state index contributed by atoms with van der Waals surface area (Å²) in [7, 11) is -8.85. The van der Waals surface area contributed by atoms with Gasteiger partial charge in [-0.1, -0.05) is 12.2 Å². The van der Waals surface area contributed by atoms with E-state index in [0.717, 1.165) is 0 Å². The molecule has 23 heavy (non-hydrogen) atoms. The van der Waals surface area contributed by atoms with Gasteiger partial charge in [-0.25, -0.2) is 13.4 Å². The molecule has 0 fully saturated rings. The van der Waals surface area contributed by atoms with Crippen LogP contribution in [0.5, 0.6) is 0 Å². The zero-order chi connectivity index (χ0) is 17.6. The zero-order valence-corrected chi connectivity index (χ0v) is 14.9. The predicted octanol–water partition coefficient (Wildman–Crippen LogP) is 1.98. The average Bonchev–Trinajstić information content (AvgIpc) is 2.38. The van der Waals surface area contributed by atoms with E-state index in [9.17, 15) is 23.3 Å². The molecule has 2 atom stereocenters. The molecule has 0 saturated heterocycles. The van der Waals surface area contributed by atoms with Crippen molar-refractivity contribution in [1.82, 2.24) is 9.55 Å². The van der Waals surface area contributed by atoms with Crippen LogP contribution >= 0.6 is 22.9 Å². The van der Waals surface area contributed by atoms with E-state index in [-0.39, 0.29) is 12.7 Å². The first-order valence-corrected chi connectivity index (χ1v) is 10.6. The van der Waals surface area contributed by atoms with Crippen LogP contribution in [0.15, 0.2) is 27.9 Å². The van der Waals surface area contributed by atoms with E-state index in [4.69, 9.17) is 0 Å². The summed E-state index contributed by atoms with van der Waals surface area (Å²) in [6, 6.07) is 0. The summed E-state index contributed by atoms with van der Waals surface area (Å²) in [4.78, 5) is 24.9. The monoisotopic (exact) mass is 380 g/mol. The number of hydrogen-bond donors (Lipinski definition) is 1. The van der Waals surface area contributed by atoms with Gasteiger partial charge < -0.3 is 0 Å². The van der Waals surface area contributed by atoms with Gasteiger partial charge >= 0.3 is 13.3 Å². The van der Waals surface area contributed by atoms with E-state index in [1.165, 1.54) is 22.9 Å². The van der Waals surface area contributed by atoms with Gasteiger partial charge in [0.1, 0.15) is 0 Å². The Morgan fingerprint density at radius 1 is 1.26 bits per heavy atom. The molecular weight excluding hydrogens is 365 g/mol. The molecule has 0 amide bonds. The molecule has 126 valence electrons. The SMILES string of the molecule is C=P(=O)OP(=O)(C/C=C/Cn1cc(C)c(=O)[nH]c1=O)OP(=C)=O. The molecule has 0 aliphatic rings. The molecule has 0 aliphatic carbocycles. The molecule has 1 N–H and O–H groups in total. The van der Waals surface area contributed by atoms with Gasteiger partial charge in [0.05, 0.1) is 6.16 Å². The van der Waals surface area contributed by atoms with Gasteiger partial charge in [-0.05, 0) is 19.5 Å².